The lowest BCUT2D eigenvalue weighted by molar-refractivity contribution is -0.140. The molecule has 28 heavy (non-hydrogen) atoms. The number of benzene rings is 2. The van der Waals surface area contributed by atoms with Gasteiger partial charge < -0.3 is 14.5 Å². The van der Waals surface area contributed by atoms with Gasteiger partial charge in [0, 0.05) is 32.6 Å². The molecule has 148 valence electrons. The Morgan fingerprint density at radius 2 is 1.54 bits per heavy atom. The van der Waals surface area contributed by atoms with Crippen molar-refractivity contribution in [2.45, 2.75) is 19.8 Å². The maximum Gasteiger partial charge on any atom is 0.260 e. The van der Waals surface area contributed by atoms with E-state index in [1.165, 1.54) is 6.07 Å². The third-order valence-corrected chi connectivity index (χ3v) is 4.93. The standard InChI is InChI=1S/C22H25FN2O3/c1-17-6-9-19(10-7-17)28-16-22(27)25-14-12-24(13-15-25)21(26)11-8-18-4-2-3-5-20(18)23/h2-7,9-10H,8,11-16H2,1H3. The molecular weight excluding hydrogens is 359 g/mol. The van der Waals surface area contributed by atoms with Crippen molar-refractivity contribution in [3.8, 4) is 5.75 Å². The molecule has 1 fully saturated rings. The average molecular weight is 384 g/mol. The summed E-state index contributed by atoms with van der Waals surface area (Å²) in [6.45, 7) is 3.94. The normalized spacial score (nSPS) is 14.1. The van der Waals surface area contributed by atoms with Crippen LogP contribution in [0.4, 0.5) is 4.39 Å². The summed E-state index contributed by atoms with van der Waals surface area (Å²) in [6.07, 6.45) is 0.653. The van der Waals surface area contributed by atoms with Gasteiger partial charge in [0.25, 0.3) is 5.91 Å². The van der Waals surface area contributed by atoms with Gasteiger partial charge in [-0.15, -0.1) is 0 Å². The van der Waals surface area contributed by atoms with Crippen LogP contribution in [0.1, 0.15) is 17.5 Å². The monoisotopic (exact) mass is 384 g/mol. The second-order valence-corrected chi connectivity index (χ2v) is 6.95. The Balaban J connectivity index is 1.40. The number of hydrogen-bond donors (Lipinski definition) is 0. The van der Waals surface area contributed by atoms with Crippen LogP contribution in [0.5, 0.6) is 5.75 Å². The summed E-state index contributed by atoms with van der Waals surface area (Å²) < 4.78 is 19.2. The van der Waals surface area contributed by atoms with Gasteiger partial charge in [-0.3, -0.25) is 9.59 Å². The molecule has 0 bridgehead atoms. The van der Waals surface area contributed by atoms with E-state index in [9.17, 15) is 14.0 Å². The molecule has 2 aromatic rings. The van der Waals surface area contributed by atoms with Gasteiger partial charge in [0.15, 0.2) is 6.61 Å². The van der Waals surface area contributed by atoms with E-state index in [-0.39, 0.29) is 30.7 Å². The number of carbonyl (C=O) groups is 2. The maximum atomic E-state index is 13.7. The number of rotatable bonds is 6. The highest BCUT2D eigenvalue weighted by Crippen LogP contribution is 2.13. The number of ether oxygens (including phenoxy) is 1. The van der Waals surface area contributed by atoms with Gasteiger partial charge in [-0.05, 0) is 37.1 Å². The first-order valence-electron chi connectivity index (χ1n) is 9.51. The average Bonchev–Trinajstić information content (AvgIpc) is 2.72. The molecular formula is C22H25FN2O3. The van der Waals surface area contributed by atoms with Crippen LogP contribution in [0.25, 0.3) is 0 Å². The Bertz CT molecular complexity index is 815. The van der Waals surface area contributed by atoms with Crippen LogP contribution in [0.3, 0.4) is 0 Å². The molecule has 1 saturated heterocycles. The largest absolute Gasteiger partial charge is 0.484 e. The minimum Gasteiger partial charge on any atom is -0.484 e. The Morgan fingerprint density at radius 3 is 2.18 bits per heavy atom. The van der Waals surface area contributed by atoms with Gasteiger partial charge >= 0.3 is 0 Å². The van der Waals surface area contributed by atoms with Crippen LogP contribution in [-0.4, -0.2) is 54.4 Å². The fraction of sp³-hybridized carbons (Fsp3) is 0.364. The van der Waals surface area contributed by atoms with Gasteiger partial charge in [0.2, 0.25) is 5.91 Å². The van der Waals surface area contributed by atoms with Gasteiger partial charge in [-0.1, -0.05) is 35.9 Å². The third-order valence-electron chi connectivity index (χ3n) is 4.93. The van der Waals surface area contributed by atoms with Crippen molar-refractivity contribution in [1.82, 2.24) is 9.80 Å². The molecule has 3 rings (SSSR count). The molecule has 1 heterocycles. The van der Waals surface area contributed by atoms with Crippen molar-refractivity contribution in [1.29, 1.82) is 0 Å². The number of halogens is 1. The van der Waals surface area contributed by atoms with E-state index in [0.717, 1.165) is 5.56 Å². The van der Waals surface area contributed by atoms with Crippen LogP contribution >= 0.6 is 0 Å². The zero-order valence-corrected chi connectivity index (χ0v) is 16.1. The highest BCUT2D eigenvalue weighted by Gasteiger charge is 2.24. The first-order chi connectivity index (χ1) is 13.5. The predicted octanol–water partition coefficient (Wildman–Crippen LogP) is 2.82. The fourth-order valence-corrected chi connectivity index (χ4v) is 3.18. The topological polar surface area (TPSA) is 49.9 Å². The molecule has 6 heteroatoms. The number of aryl methyl sites for hydroxylation is 2. The molecule has 0 radical (unpaired) electrons. The third kappa shape index (κ3) is 5.31. The molecule has 1 aliphatic heterocycles. The van der Waals surface area contributed by atoms with Crippen molar-refractivity contribution in [2.75, 3.05) is 32.8 Å². The summed E-state index contributed by atoms with van der Waals surface area (Å²) in [4.78, 5) is 28.2. The van der Waals surface area contributed by atoms with Crippen molar-refractivity contribution in [3.05, 3.63) is 65.5 Å². The quantitative estimate of drug-likeness (QED) is 0.770. The number of hydrogen-bond acceptors (Lipinski definition) is 3. The smallest absolute Gasteiger partial charge is 0.260 e. The lowest BCUT2D eigenvalue weighted by atomic mass is 10.1. The van der Waals surface area contributed by atoms with E-state index in [1.807, 2.05) is 31.2 Å². The molecule has 2 aromatic carbocycles. The van der Waals surface area contributed by atoms with E-state index in [1.54, 1.807) is 28.0 Å². The second kappa shape index (κ2) is 9.35. The number of piperazine rings is 1. The molecule has 2 amide bonds. The zero-order chi connectivity index (χ0) is 19.9. The van der Waals surface area contributed by atoms with Crippen LogP contribution < -0.4 is 4.74 Å². The number of amides is 2. The summed E-state index contributed by atoms with van der Waals surface area (Å²) >= 11 is 0. The number of nitrogens with zero attached hydrogens (tertiary/aromatic N) is 2. The van der Waals surface area contributed by atoms with Crippen LogP contribution in [-0.2, 0) is 16.0 Å². The van der Waals surface area contributed by atoms with Crippen molar-refractivity contribution >= 4 is 11.8 Å². The van der Waals surface area contributed by atoms with Gasteiger partial charge in [-0.25, -0.2) is 4.39 Å². The second-order valence-electron chi connectivity index (χ2n) is 6.95. The van der Waals surface area contributed by atoms with E-state index < -0.39 is 0 Å². The summed E-state index contributed by atoms with van der Waals surface area (Å²) in [5, 5.41) is 0. The molecule has 0 saturated carbocycles. The van der Waals surface area contributed by atoms with Gasteiger partial charge in [0.05, 0.1) is 0 Å². The SMILES string of the molecule is Cc1ccc(OCC(=O)N2CCN(C(=O)CCc3ccccc3F)CC2)cc1. The van der Waals surface area contributed by atoms with Gasteiger partial charge in [0.1, 0.15) is 11.6 Å². The Labute approximate surface area is 164 Å². The molecule has 0 aromatic heterocycles. The first kappa shape index (κ1) is 19.9. The van der Waals surface area contributed by atoms with Crippen LogP contribution in [0, 0.1) is 12.7 Å². The van der Waals surface area contributed by atoms with E-state index in [2.05, 4.69) is 0 Å². The lowest BCUT2D eigenvalue weighted by Crippen LogP contribution is -2.51. The molecule has 5 nitrogen and oxygen atoms in total. The minimum atomic E-state index is -0.278. The van der Waals surface area contributed by atoms with E-state index in [4.69, 9.17) is 4.74 Å². The summed E-state index contributed by atoms with van der Waals surface area (Å²) in [7, 11) is 0. The van der Waals surface area contributed by atoms with E-state index >= 15 is 0 Å². The minimum absolute atomic E-state index is 0.00809. The Morgan fingerprint density at radius 1 is 0.929 bits per heavy atom. The van der Waals surface area contributed by atoms with Crippen LogP contribution in [0.2, 0.25) is 0 Å². The molecule has 0 aliphatic carbocycles. The van der Waals surface area contributed by atoms with Crippen molar-refractivity contribution < 1.29 is 18.7 Å². The zero-order valence-electron chi connectivity index (χ0n) is 16.1. The maximum absolute atomic E-state index is 13.7. The molecule has 0 spiro atoms. The molecule has 0 unspecified atom stereocenters. The summed E-state index contributed by atoms with van der Waals surface area (Å²) in [5.41, 5.74) is 1.69. The lowest BCUT2D eigenvalue weighted by Gasteiger charge is -2.34. The highest BCUT2D eigenvalue weighted by molar-refractivity contribution is 5.79. The van der Waals surface area contributed by atoms with Crippen molar-refractivity contribution in [3.63, 3.8) is 0 Å². The first-order valence-corrected chi connectivity index (χ1v) is 9.51. The number of carbonyl (C=O) groups excluding carboxylic acids is 2. The Hall–Kier alpha value is -2.89. The molecule has 0 N–H and O–H groups in total. The predicted molar refractivity (Wildman–Crippen MR) is 105 cm³/mol. The molecule has 0 atom stereocenters. The highest BCUT2D eigenvalue weighted by atomic mass is 19.1. The molecule has 1 aliphatic rings. The summed E-state index contributed by atoms with van der Waals surface area (Å²) in [6, 6.07) is 14.1. The van der Waals surface area contributed by atoms with Crippen molar-refractivity contribution in [2.24, 2.45) is 0 Å². The van der Waals surface area contributed by atoms with E-state index in [0.29, 0.717) is 43.9 Å². The fourth-order valence-electron chi connectivity index (χ4n) is 3.18. The van der Waals surface area contributed by atoms with Crippen LogP contribution in [0.15, 0.2) is 48.5 Å². The van der Waals surface area contributed by atoms with Gasteiger partial charge in [-0.2, -0.15) is 0 Å². The summed E-state index contributed by atoms with van der Waals surface area (Å²) in [5.74, 6) is 0.297. The Kier molecular flexibility index (Phi) is 6.63.